The highest BCUT2D eigenvalue weighted by molar-refractivity contribution is 7.22. The second-order valence-corrected chi connectivity index (χ2v) is 7.22. The lowest BCUT2D eigenvalue weighted by Crippen LogP contribution is -2.35. The first-order valence-corrected chi connectivity index (χ1v) is 8.91. The van der Waals surface area contributed by atoms with Crippen LogP contribution in [0.3, 0.4) is 0 Å². The third kappa shape index (κ3) is 4.07. The van der Waals surface area contributed by atoms with Gasteiger partial charge in [0.15, 0.2) is 5.13 Å². The second kappa shape index (κ2) is 7.08. The van der Waals surface area contributed by atoms with Crippen molar-refractivity contribution in [1.29, 1.82) is 0 Å². The Kier molecular flexibility index (Phi) is 4.91. The van der Waals surface area contributed by atoms with Crippen LogP contribution in [0.15, 0.2) is 29.4 Å². The van der Waals surface area contributed by atoms with Crippen molar-refractivity contribution < 1.29 is 4.79 Å². The number of carbonyl (C=O) groups excluding carboxylic acids is 1. The van der Waals surface area contributed by atoms with E-state index in [2.05, 4.69) is 27.8 Å². The number of nitrogens with one attached hydrogen (secondary N) is 2. The van der Waals surface area contributed by atoms with E-state index >= 15 is 0 Å². The summed E-state index contributed by atoms with van der Waals surface area (Å²) in [5.41, 5.74) is 4.73. The van der Waals surface area contributed by atoms with Crippen molar-refractivity contribution in [2.45, 2.75) is 45.6 Å². The summed E-state index contributed by atoms with van der Waals surface area (Å²) in [7, 11) is 0. The first-order valence-electron chi connectivity index (χ1n) is 8.09. The summed E-state index contributed by atoms with van der Waals surface area (Å²) in [6.45, 7) is 4.09. The predicted molar refractivity (Wildman–Crippen MR) is 95.9 cm³/mol. The largest absolute Gasteiger partial charge is 0.350 e. The van der Waals surface area contributed by atoms with E-state index in [1.807, 2.05) is 31.2 Å². The van der Waals surface area contributed by atoms with Crippen molar-refractivity contribution >= 4 is 38.3 Å². The van der Waals surface area contributed by atoms with E-state index in [0.717, 1.165) is 52.7 Å². The molecule has 1 fully saturated rings. The number of amides is 1. The topological polar surface area (TPSA) is 66.4 Å². The molecule has 2 N–H and O–H groups in total. The van der Waals surface area contributed by atoms with Crippen molar-refractivity contribution in [1.82, 2.24) is 10.4 Å². The Hall–Kier alpha value is -1.95. The Labute approximate surface area is 140 Å². The molecule has 23 heavy (non-hydrogen) atoms. The number of para-hydroxylation sites is 1. The molecule has 0 spiro atoms. The molecular weight excluding hydrogens is 308 g/mol. The van der Waals surface area contributed by atoms with Gasteiger partial charge in [-0.25, -0.2) is 10.4 Å². The number of nitrogens with zero attached hydrogens (tertiary/aromatic N) is 2. The van der Waals surface area contributed by atoms with Gasteiger partial charge in [-0.2, -0.15) is 5.10 Å². The smallest absolute Gasteiger partial charge is 0.262 e. The average molecular weight is 330 g/mol. The second-order valence-electron chi connectivity index (χ2n) is 6.19. The average Bonchev–Trinajstić information content (AvgIpc) is 2.96. The van der Waals surface area contributed by atoms with Crippen LogP contribution in [0.5, 0.6) is 0 Å². The number of thiazole rings is 1. The van der Waals surface area contributed by atoms with Crippen LogP contribution < -0.4 is 10.7 Å². The van der Waals surface area contributed by atoms with Gasteiger partial charge in [0.1, 0.15) is 6.04 Å². The molecule has 0 bridgehead atoms. The number of fused-ring (bicyclic) bond motifs is 1. The minimum absolute atomic E-state index is 0.129. The summed E-state index contributed by atoms with van der Waals surface area (Å²) >= 11 is 1.55. The molecule has 2 aromatic rings. The number of carbonyl (C=O) groups is 1. The van der Waals surface area contributed by atoms with Crippen molar-refractivity contribution in [2.75, 3.05) is 5.32 Å². The molecule has 1 aromatic carbocycles. The van der Waals surface area contributed by atoms with Gasteiger partial charge in [0.25, 0.3) is 5.91 Å². The summed E-state index contributed by atoms with van der Waals surface area (Å²) in [6, 6.07) is 7.57. The van der Waals surface area contributed by atoms with E-state index in [-0.39, 0.29) is 11.9 Å². The zero-order valence-corrected chi connectivity index (χ0v) is 14.3. The summed E-state index contributed by atoms with van der Waals surface area (Å²) < 4.78 is 1.11. The molecular formula is C17H22N4OS. The van der Waals surface area contributed by atoms with Gasteiger partial charge in [-0.3, -0.25) is 4.79 Å². The van der Waals surface area contributed by atoms with E-state index < -0.39 is 0 Å². The van der Waals surface area contributed by atoms with Crippen LogP contribution in [0.1, 0.15) is 39.5 Å². The Morgan fingerprint density at radius 3 is 2.83 bits per heavy atom. The molecule has 0 aliphatic heterocycles. The van der Waals surface area contributed by atoms with Crippen molar-refractivity contribution in [3.63, 3.8) is 0 Å². The third-order valence-corrected chi connectivity index (χ3v) is 5.17. The number of hydrogen-bond donors (Lipinski definition) is 2. The number of rotatable bonds is 4. The molecule has 6 heteroatoms. The maximum absolute atomic E-state index is 12.2. The van der Waals surface area contributed by atoms with Gasteiger partial charge in [-0.1, -0.05) is 30.4 Å². The third-order valence-electron chi connectivity index (χ3n) is 4.20. The molecule has 3 rings (SSSR count). The molecule has 1 amide bonds. The lowest BCUT2D eigenvalue weighted by atomic mass is 9.90. The first kappa shape index (κ1) is 15.9. The highest BCUT2D eigenvalue weighted by Crippen LogP contribution is 2.25. The quantitative estimate of drug-likeness (QED) is 0.838. The fourth-order valence-corrected chi connectivity index (χ4v) is 3.58. The summed E-state index contributed by atoms with van der Waals surface area (Å²) in [5, 5.41) is 8.19. The van der Waals surface area contributed by atoms with Gasteiger partial charge >= 0.3 is 0 Å². The van der Waals surface area contributed by atoms with Crippen molar-refractivity contribution in [2.24, 2.45) is 11.0 Å². The highest BCUT2D eigenvalue weighted by Gasteiger charge is 2.16. The molecule has 1 heterocycles. The number of hydrogen-bond acceptors (Lipinski definition) is 5. The van der Waals surface area contributed by atoms with E-state index in [1.54, 1.807) is 11.3 Å². The van der Waals surface area contributed by atoms with Crippen molar-refractivity contribution in [3.8, 4) is 0 Å². The lowest BCUT2D eigenvalue weighted by Gasteiger charge is -2.19. The molecule has 1 atom stereocenters. The zero-order chi connectivity index (χ0) is 16.2. The Balaban J connectivity index is 1.56. The number of aromatic nitrogens is 1. The molecule has 1 aromatic heterocycles. The van der Waals surface area contributed by atoms with Gasteiger partial charge < -0.3 is 5.32 Å². The van der Waals surface area contributed by atoms with Gasteiger partial charge in [0.05, 0.1) is 10.2 Å². The Bertz CT molecular complexity index is 681. The minimum Gasteiger partial charge on any atom is -0.350 e. The van der Waals surface area contributed by atoms with Crippen LogP contribution in [0.25, 0.3) is 10.2 Å². The molecule has 0 radical (unpaired) electrons. The summed E-state index contributed by atoms with van der Waals surface area (Å²) in [6.07, 6.45) is 4.30. The summed E-state index contributed by atoms with van der Waals surface area (Å²) in [5.74, 6) is 0.639. The highest BCUT2D eigenvalue weighted by atomic mass is 32.1. The number of anilines is 1. The van der Waals surface area contributed by atoms with Crippen LogP contribution >= 0.6 is 11.3 Å². The van der Waals surface area contributed by atoms with Crippen molar-refractivity contribution in [3.05, 3.63) is 24.3 Å². The maximum atomic E-state index is 12.2. The van der Waals surface area contributed by atoms with Crippen LogP contribution in [0, 0.1) is 5.92 Å². The Morgan fingerprint density at radius 1 is 1.35 bits per heavy atom. The Morgan fingerprint density at radius 2 is 2.09 bits per heavy atom. The molecule has 1 aliphatic rings. The molecule has 1 saturated carbocycles. The van der Waals surface area contributed by atoms with Gasteiger partial charge in [0.2, 0.25) is 0 Å². The molecule has 122 valence electrons. The first-order chi connectivity index (χ1) is 11.1. The summed E-state index contributed by atoms with van der Waals surface area (Å²) in [4.78, 5) is 16.7. The van der Waals surface area contributed by atoms with Gasteiger partial charge in [-0.05, 0) is 50.7 Å². The maximum Gasteiger partial charge on any atom is 0.262 e. The molecule has 0 saturated heterocycles. The van der Waals surface area contributed by atoms with Crippen LogP contribution in [0.4, 0.5) is 5.13 Å². The fraction of sp³-hybridized carbons (Fsp3) is 0.471. The van der Waals surface area contributed by atoms with Crippen LogP contribution in [-0.2, 0) is 4.79 Å². The minimum atomic E-state index is -0.373. The zero-order valence-electron chi connectivity index (χ0n) is 13.5. The van der Waals surface area contributed by atoms with Gasteiger partial charge in [0, 0.05) is 5.71 Å². The van der Waals surface area contributed by atoms with E-state index in [0.29, 0.717) is 0 Å². The van der Waals surface area contributed by atoms with Crippen LogP contribution in [-0.4, -0.2) is 22.6 Å². The normalized spacial score (nSPS) is 19.4. The van der Waals surface area contributed by atoms with Gasteiger partial charge in [-0.15, -0.1) is 0 Å². The monoisotopic (exact) mass is 330 g/mol. The molecule has 5 nitrogen and oxygen atoms in total. The number of benzene rings is 1. The fourth-order valence-electron chi connectivity index (χ4n) is 2.62. The van der Waals surface area contributed by atoms with Crippen LogP contribution in [0.2, 0.25) is 0 Å². The molecule has 1 aliphatic carbocycles. The lowest BCUT2D eigenvalue weighted by molar-refractivity contribution is -0.121. The standard InChI is InChI=1S/C17H22N4OS/c1-11-7-9-13(10-8-11)20-21-16(22)12(2)18-17-19-14-5-3-4-6-15(14)23-17/h3-6,11-12H,7-10H2,1-2H3,(H,18,19)(H,21,22)/t11?,12-/m1/s1. The predicted octanol–water partition coefficient (Wildman–Crippen LogP) is 3.78. The molecule has 0 unspecified atom stereocenters. The van der Waals surface area contributed by atoms with E-state index in [4.69, 9.17) is 0 Å². The van der Waals surface area contributed by atoms with E-state index in [1.165, 1.54) is 0 Å². The SMILES string of the molecule is CC1CCC(=NNC(=O)[C@@H](C)Nc2nc3ccccc3s2)CC1. The number of hydrazone groups is 1. The van der Waals surface area contributed by atoms with E-state index in [9.17, 15) is 4.79 Å².